The molecular formula is C21H36N6O9. The highest BCUT2D eigenvalue weighted by molar-refractivity contribution is 5.96. The summed E-state index contributed by atoms with van der Waals surface area (Å²) in [6.07, 6.45) is -1.16. The Morgan fingerprint density at radius 2 is 1.61 bits per heavy atom. The number of nitrogens with zero attached hydrogens (tertiary/aromatic N) is 1. The van der Waals surface area contributed by atoms with E-state index in [9.17, 15) is 44.1 Å². The molecule has 0 spiro atoms. The first-order valence-electron chi connectivity index (χ1n) is 11.5. The van der Waals surface area contributed by atoms with Crippen molar-refractivity contribution in [1.82, 2.24) is 20.9 Å². The van der Waals surface area contributed by atoms with Gasteiger partial charge >= 0.3 is 5.97 Å². The van der Waals surface area contributed by atoms with Gasteiger partial charge < -0.3 is 47.6 Å². The number of hydrogen-bond donors (Lipinski definition) is 8. The predicted molar refractivity (Wildman–Crippen MR) is 124 cm³/mol. The van der Waals surface area contributed by atoms with Crippen molar-refractivity contribution in [2.45, 2.75) is 76.3 Å². The van der Waals surface area contributed by atoms with Crippen LogP contribution >= 0.6 is 0 Å². The lowest BCUT2D eigenvalue weighted by Gasteiger charge is -2.29. The Morgan fingerprint density at radius 1 is 1.00 bits per heavy atom. The van der Waals surface area contributed by atoms with Gasteiger partial charge in [0, 0.05) is 6.54 Å². The number of carboxylic acids is 1. The molecule has 0 aromatic carbocycles. The molecule has 0 aliphatic carbocycles. The molecule has 0 aromatic heterocycles. The lowest BCUT2D eigenvalue weighted by Crippen LogP contribution is -2.61. The third-order valence-electron chi connectivity index (χ3n) is 5.69. The molecule has 1 fully saturated rings. The maximum absolute atomic E-state index is 12.9. The van der Waals surface area contributed by atoms with E-state index in [1.54, 1.807) is 13.8 Å². The number of primary amides is 1. The Kier molecular flexibility index (Phi) is 11.7. The van der Waals surface area contributed by atoms with Crippen LogP contribution in [0.5, 0.6) is 0 Å². The molecule has 5 amide bonds. The van der Waals surface area contributed by atoms with Crippen molar-refractivity contribution >= 4 is 35.5 Å². The Hall–Kier alpha value is -3.30. The molecule has 15 heteroatoms. The second-order valence-electron chi connectivity index (χ2n) is 9.01. The van der Waals surface area contributed by atoms with Gasteiger partial charge in [-0.1, -0.05) is 13.8 Å². The van der Waals surface area contributed by atoms with Crippen molar-refractivity contribution in [3.05, 3.63) is 0 Å². The van der Waals surface area contributed by atoms with Crippen LogP contribution in [0.15, 0.2) is 0 Å². The van der Waals surface area contributed by atoms with Gasteiger partial charge in [0.05, 0.1) is 25.2 Å². The van der Waals surface area contributed by atoms with Crippen molar-refractivity contribution in [3.63, 3.8) is 0 Å². The van der Waals surface area contributed by atoms with Crippen LogP contribution in [0.4, 0.5) is 0 Å². The van der Waals surface area contributed by atoms with Crippen molar-refractivity contribution < 1.29 is 44.1 Å². The zero-order valence-corrected chi connectivity index (χ0v) is 20.5. The van der Waals surface area contributed by atoms with Gasteiger partial charge in [0.2, 0.25) is 29.5 Å². The molecule has 0 bridgehead atoms. The summed E-state index contributed by atoms with van der Waals surface area (Å²) >= 11 is 0. The van der Waals surface area contributed by atoms with Crippen LogP contribution in [0.1, 0.15) is 40.0 Å². The van der Waals surface area contributed by atoms with Gasteiger partial charge in [-0.15, -0.1) is 0 Å². The van der Waals surface area contributed by atoms with E-state index in [0.29, 0.717) is 6.42 Å². The van der Waals surface area contributed by atoms with E-state index >= 15 is 0 Å². The second-order valence-corrected chi connectivity index (χ2v) is 9.01. The van der Waals surface area contributed by atoms with Gasteiger partial charge in [0.15, 0.2) is 0 Å². The summed E-state index contributed by atoms with van der Waals surface area (Å²) in [7, 11) is 0. The van der Waals surface area contributed by atoms with Crippen LogP contribution in [-0.4, -0.2) is 105 Å². The Labute approximate surface area is 207 Å². The van der Waals surface area contributed by atoms with Gasteiger partial charge in [0.25, 0.3) is 0 Å². The maximum Gasteiger partial charge on any atom is 0.326 e. The van der Waals surface area contributed by atoms with E-state index in [-0.39, 0.29) is 13.0 Å². The molecular weight excluding hydrogens is 480 g/mol. The van der Waals surface area contributed by atoms with E-state index in [1.165, 1.54) is 11.8 Å². The van der Waals surface area contributed by atoms with Gasteiger partial charge in [-0.2, -0.15) is 0 Å². The minimum atomic E-state index is -1.57. The first kappa shape index (κ1) is 30.7. The number of hydrogen-bond acceptors (Lipinski definition) is 9. The molecule has 6 unspecified atom stereocenters. The van der Waals surface area contributed by atoms with E-state index in [4.69, 9.17) is 11.5 Å². The summed E-state index contributed by atoms with van der Waals surface area (Å²) in [5.41, 5.74) is 10.8. The van der Waals surface area contributed by atoms with E-state index < -0.39 is 90.8 Å². The third kappa shape index (κ3) is 8.42. The van der Waals surface area contributed by atoms with Crippen LogP contribution in [0.3, 0.4) is 0 Å². The number of carbonyl (C=O) groups excluding carboxylic acids is 5. The number of rotatable bonds is 13. The lowest BCUT2D eigenvalue weighted by molar-refractivity contribution is -0.144. The standard InChI is InChI=1S/C21H36N6O9/c1-9(2)15(21(35)36)25-17(31)12(8-28)24-19(33)16(10(3)29)26-18(32)13-5-4-6-27(13)20(34)11(22)7-14(23)30/h9-13,15-16,28-29H,4-8,22H2,1-3H3,(H2,23,30)(H,24,33)(H,25,31)(H,26,32)(H,35,36). The van der Waals surface area contributed by atoms with E-state index in [1.807, 2.05) is 0 Å². The van der Waals surface area contributed by atoms with Crippen molar-refractivity contribution in [2.75, 3.05) is 13.2 Å². The van der Waals surface area contributed by atoms with Crippen LogP contribution in [0.2, 0.25) is 0 Å². The summed E-state index contributed by atoms with van der Waals surface area (Å²) in [5.74, 6) is -6.01. The zero-order valence-electron chi connectivity index (χ0n) is 20.5. The van der Waals surface area contributed by atoms with Crippen LogP contribution in [0, 0.1) is 5.92 Å². The average Bonchev–Trinajstić information content (AvgIpc) is 3.27. The number of amides is 5. The Bertz CT molecular complexity index is 850. The number of aliphatic carboxylic acids is 1. The Morgan fingerprint density at radius 3 is 2.08 bits per heavy atom. The molecule has 0 aromatic rings. The highest BCUT2D eigenvalue weighted by Gasteiger charge is 2.39. The summed E-state index contributed by atoms with van der Waals surface area (Å²) in [4.78, 5) is 74.2. The fourth-order valence-corrected chi connectivity index (χ4v) is 3.70. The van der Waals surface area contributed by atoms with Gasteiger partial charge in [-0.05, 0) is 25.7 Å². The molecule has 1 rings (SSSR count). The normalized spacial score (nSPS) is 19.5. The molecule has 1 heterocycles. The molecule has 6 atom stereocenters. The number of nitrogens with one attached hydrogen (secondary N) is 3. The smallest absolute Gasteiger partial charge is 0.326 e. The van der Waals surface area contributed by atoms with Crippen LogP contribution in [0.25, 0.3) is 0 Å². The van der Waals surface area contributed by atoms with Gasteiger partial charge in [0.1, 0.15) is 24.2 Å². The lowest BCUT2D eigenvalue weighted by atomic mass is 10.0. The topological polar surface area (TPSA) is 254 Å². The van der Waals surface area contributed by atoms with Crippen LogP contribution < -0.4 is 27.4 Å². The molecule has 15 nitrogen and oxygen atoms in total. The molecule has 0 saturated carbocycles. The van der Waals surface area contributed by atoms with Gasteiger partial charge in [-0.3, -0.25) is 24.0 Å². The number of aliphatic hydroxyl groups is 2. The number of aliphatic hydroxyl groups excluding tert-OH is 2. The average molecular weight is 517 g/mol. The Balaban J connectivity index is 2.91. The minimum absolute atomic E-state index is 0.183. The highest BCUT2D eigenvalue weighted by atomic mass is 16.4. The largest absolute Gasteiger partial charge is 0.480 e. The molecule has 204 valence electrons. The quantitative estimate of drug-likeness (QED) is 0.117. The fraction of sp³-hybridized carbons (Fsp3) is 0.714. The zero-order chi connectivity index (χ0) is 27.7. The molecule has 36 heavy (non-hydrogen) atoms. The second kappa shape index (κ2) is 13.7. The first-order chi connectivity index (χ1) is 16.7. The summed E-state index contributed by atoms with van der Waals surface area (Å²) < 4.78 is 0. The minimum Gasteiger partial charge on any atom is -0.480 e. The van der Waals surface area contributed by atoms with Crippen molar-refractivity contribution in [3.8, 4) is 0 Å². The molecule has 1 aliphatic heterocycles. The monoisotopic (exact) mass is 516 g/mol. The summed E-state index contributed by atoms with van der Waals surface area (Å²) in [5, 5.41) is 35.6. The van der Waals surface area contributed by atoms with E-state index in [2.05, 4.69) is 16.0 Å². The number of carboxylic acid groups (broad SMARTS) is 1. The molecule has 1 aliphatic rings. The molecule has 1 saturated heterocycles. The first-order valence-corrected chi connectivity index (χ1v) is 11.5. The number of likely N-dealkylation sites (tertiary alicyclic amines) is 1. The maximum atomic E-state index is 12.9. The molecule has 0 radical (unpaired) electrons. The summed E-state index contributed by atoms with van der Waals surface area (Å²) in [6.45, 7) is 3.62. The number of carbonyl (C=O) groups is 6. The summed E-state index contributed by atoms with van der Waals surface area (Å²) in [6, 6.07) is -6.67. The predicted octanol–water partition coefficient (Wildman–Crippen LogP) is -4.25. The van der Waals surface area contributed by atoms with Crippen molar-refractivity contribution in [2.24, 2.45) is 17.4 Å². The highest BCUT2D eigenvalue weighted by Crippen LogP contribution is 2.19. The third-order valence-corrected chi connectivity index (χ3v) is 5.69. The van der Waals surface area contributed by atoms with E-state index in [0.717, 1.165) is 0 Å². The van der Waals surface area contributed by atoms with Gasteiger partial charge in [-0.25, -0.2) is 4.79 Å². The number of nitrogens with two attached hydrogens (primary N) is 2. The molecule has 10 N–H and O–H groups in total. The van der Waals surface area contributed by atoms with Crippen LogP contribution in [-0.2, 0) is 28.8 Å². The SMILES string of the molecule is CC(C)C(NC(=O)C(CO)NC(=O)C(NC(=O)C1CCCN1C(=O)C(N)CC(N)=O)C(C)O)C(=O)O. The van der Waals surface area contributed by atoms with Crippen molar-refractivity contribution in [1.29, 1.82) is 0 Å². The fourth-order valence-electron chi connectivity index (χ4n) is 3.70.